The molecule has 0 spiro atoms. The predicted octanol–water partition coefficient (Wildman–Crippen LogP) is 1.76. The number of hydrogen-bond donors (Lipinski definition) is 1. The van der Waals surface area contributed by atoms with Crippen molar-refractivity contribution in [2.24, 2.45) is 11.8 Å². The van der Waals surface area contributed by atoms with Crippen LogP contribution in [0.4, 0.5) is 0 Å². The van der Waals surface area contributed by atoms with E-state index >= 15 is 0 Å². The molecule has 2 bridgehead atoms. The molecule has 3 aliphatic rings. The first-order valence-electron chi connectivity index (χ1n) is 11.1. The van der Waals surface area contributed by atoms with Crippen LogP contribution < -0.4 is 12.4 Å². The zero-order valence-corrected chi connectivity index (χ0v) is 18.8. The van der Waals surface area contributed by atoms with Gasteiger partial charge in [0.05, 0.1) is 30.2 Å². The molecule has 1 aromatic heterocycles. The summed E-state index contributed by atoms with van der Waals surface area (Å²) in [5.41, 5.74) is 3.69. The number of halogens is 1. The van der Waals surface area contributed by atoms with E-state index in [0.29, 0.717) is 11.8 Å². The topological polar surface area (TPSA) is 56.9 Å². The van der Waals surface area contributed by atoms with Crippen LogP contribution in [0.2, 0.25) is 0 Å². The Bertz CT molecular complexity index is 1170. The summed E-state index contributed by atoms with van der Waals surface area (Å²) in [6.07, 6.45) is 5.46. The zero-order valence-electron chi connectivity index (χ0n) is 18.1. The van der Waals surface area contributed by atoms with Gasteiger partial charge >= 0.3 is 0 Å². The SMILES string of the molecule is C=CC1C[N+]2(Cc3ccccc3C#N)CCC1CC2[C@H](O)c1ccnc2ccccc12.[Cl-]. The van der Waals surface area contributed by atoms with E-state index in [2.05, 4.69) is 35.8 Å². The second-order valence-electron chi connectivity index (χ2n) is 9.17. The van der Waals surface area contributed by atoms with Gasteiger partial charge in [0.1, 0.15) is 18.7 Å². The third kappa shape index (κ3) is 3.71. The molecule has 4 unspecified atom stereocenters. The van der Waals surface area contributed by atoms with Crippen molar-refractivity contribution in [1.82, 2.24) is 4.98 Å². The first-order chi connectivity index (χ1) is 15.1. The fourth-order valence-electron chi connectivity index (χ4n) is 6.07. The summed E-state index contributed by atoms with van der Waals surface area (Å²) in [6.45, 7) is 6.88. The number of para-hydroxylation sites is 1. The van der Waals surface area contributed by atoms with E-state index in [1.165, 1.54) is 0 Å². The number of nitriles is 1. The second-order valence-corrected chi connectivity index (χ2v) is 9.17. The number of quaternary nitrogens is 1. The molecule has 4 nitrogen and oxygen atoms in total. The summed E-state index contributed by atoms with van der Waals surface area (Å²) < 4.78 is 0.809. The first-order valence-corrected chi connectivity index (χ1v) is 11.1. The van der Waals surface area contributed by atoms with Gasteiger partial charge in [-0.3, -0.25) is 4.98 Å². The van der Waals surface area contributed by atoms with E-state index in [9.17, 15) is 10.4 Å². The van der Waals surface area contributed by atoms with Crippen LogP contribution in [-0.4, -0.2) is 33.7 Å². The number of hydrogen-bond acceptors (Lipinski definition) is 3. The monoisotopic (exact) mass is 445 g/mol. The van der Waals surface area contributed by atoms with Crippen LogP contribution in [0.5, 0.6) is 0 Å². The number of rotatable bonds is 5. The van der Waals surface area contributed by atoms with Gasteiger partial charge in [-0.2, -0.15) is 5.26 Å². The van der Waals surface area contributed by atoms with Gasteiger partial charge in [-0.25, -0.2) is 0 Å². The van der Waals surface area contributed by atoms with Gasteiger partial charge < -0.3 is 22.0 Å². The number of piperidine rings is 3. The Morgan fingerprint density at radius 1 is 1.19 bits per heavy atom. The molecule has 164 valence electrons. The molecule has 0 saturated carbocycles. The first kappa shape index (κ1) is 22.5. The van der Waals surface area contributed by atoms with Gasteiger partial charge in [0.2, 0.25) is 0 Å². The smallest absolute Gasteiger partial charge is 0.131 e. The van der Waals surface area contributed by atoms with Crippen molar-refractivity contribution in [3.63, 3.8) is 0 Å². The molecule has 5 atom stereocenters. The standard InChI is InChI=1S/C27H28N3O.ClH/c1-2-19-17-30(18-22-8-4-3-7-21(22)16-28)14-12-20(19)15-26(30)27(31)24-11-13-29-25-10-6-5-9-23(24)25;/h2-11,13,19-20,26-27,31H,1,12,14-15,17-18H2;1H/q+1;/p-1/t19?,20?,26?,27-,30?;/m1./s1. The molecule has 2 aromatic carbocycles. The molecule has 3 aliphatic heterocycles. The van der Waals surface area contributed by atoms with Crippen molar-refractivity contribution in [3.05, 3.63) is 90.1 Å². The largest absolute Gasteiger partial charge is 1.00 e. The minimum Gasteiger partial charge on any atom is -1.00 e. The summed E-state index contributed by atoms with van der Waals surface area (Å²) in [5.74, 6) is 1.03. The fraction of sp³-hybridized carbons (Fsp3) is 0.333. The number of nitrogens with zero attached hydrogens (tertiary/aromatic N) is 3. The second kappa shape index (κ2) is 9.03. The Morgan fingerprint density at radius 3 is 2.78 bits per heavy atom. The highest BCUT2D eigenvalue weighted by Crippen LogP contribution is 2.48. The average molecular weight is 446 g/mol. The third-order valence-electron chi connectivity index (χ3n) is 7.66. The number of aliphatic hydroxyl groups excluding tert-OH is 1. The quantitative estimate of drug-likeness (QED) is 0.481. The van der Waals surface area contributed by atoms with Crippen LogP contribution in [0.1, 0.15) is 35.6 Å². The Kier molecular flexibility index (Phi) is 6.35. The van der Waals surface area contributed by atoms with E-state index in [0.717, 1.165) is 64.6 Å². The molecule has 1 N–H and O–H groups in total. The van der Waals surface area contributed by atoms with Crippen molar-refractivity contribution in [2.45, 2.75) is 31.5 Å². The number of fused-ring (bicyclic) bond motifs is 4. The van der Waals surface area contributed by atoms with E-state index in [-0.39, 0.29) is 18.4 Å². The number of benzene rings is 2. The Balaban J connectivity index is 0.00000245. The van der Waals surface area contributed by atoms with E-state index in [4.69, 9.17) is 0 Å². The Morgan fingerprint density at radius 2 is 1.97 bits per heavy atom. The molecule has 32 heavy (non-hydrogen) atoms. The van der Waals surface area contributed by atoms with Crippen LogP contribution in [0.3, 0.4) is 0 Å². The Hall–Kier alpha value is -2.71. The maximum atomic E-state index is 11.8. The minimum absolute atomic E-state index is 0. The van der Waals surface area contributed by atoms with Crippen LogP contribution in [0.15, 0.2) is 73.4 Å². The summed E-state index contributed by atoms with van der Waals surface area (Å²) in [6, 6.07) is 20.4. The van der Waals surface area contributed by atoms with Gasteiger partial charge in [-0.15, -0.1) is 6.58 Å². The normalized spacial score (nSPS) is 27.3. The predicted molar refractivity (Wildman–Crippen MR) is 122 cm³/mol. The molecule has 3 fully saturated rings. The Labute approximate surface area is 195 Å². The van der Waals surface area contributed by atoms with Gasteiger partial charge in [0, 0.05) is 35.9 Å². The minimum atomic E-state index is -0.573. The highest BCUT2D eigenvalue weighted by atomic mass is 35.5. The number of aromatic nitrogens is 1. The molecule has 0 amide bonds. The fourth-order valence-corrected chi connectivity index (χ4v) is 6.07. The van der Waals surface area contributed by atoms with Gasteiger partial charge in [0.15, 0.2) is 0 Å². The molecule has 6 rings (SSSR count). The molecule has 0 radical (unpaired) electrons. The number of aliphatic hydroxyl groups is 1. The lowest BCUT2D eigenvalue weighted by Crippen LogP contribution is -3.00. The molecule has 3 saturated heterocycles. The van der Waals surface area contributed by atoms with Crippen molar-refractivity contribution in [3.8, 4) is 6.07 Å². The molecular weight excluding hydrogens is 418 g/mol. The number of pyridine rings is 1. The van der Waals surface area contributed by atoms with Gasteiger partial charge in [0.25, 0.3) is 0 Å². The summed E-state index contributed by atoms with van der Waals surface area (Å²) in [4.78, 5) is 4.48. The van der Waals surface area contributed by atoms with Crippen LogP contribution in [0, 0.1) is 23.2 Å². The van der Waals surface area contributed by atoms with E-state index < -0.39 is 6.10 Å². The van der Waals surface area contributed by atoms with Crippen LogP contribution >= 0.6 is 0 Å². The maximum absolute atomic E-state index is 11.8. The molecular formula is C27H28ClN3O. The molecule has 0 aliphatic carbocycles. The highest BCUT2D eigenvalue weighted by molar-refractivity contribution is 5.82. The van der Waals surface area contributed by atoms with E-state index in [1.54, 1.807) is 6.20 Å². The van der Waals surface area contributed by atoms with Gasteiger partial charge in [-0.05, 0) is 29.7 Å². The van der Waals surface area contributed by atoms with E-state index in [1.807, 2.05) is 42.5 Å². The lowest BCUT2D eigenvalue weighted by molar-refractivity contribution is -0.985. The van der Waals surface area contributed by atoms with Crippen molar-refractivity contribution in [2.75, 3.05) is 13.1 Å². The van der Waals surface area contributed by atoms with Crippen LogP contribution in [0.25, 0.3) is 10.9 Å². The lowest BCUT2D eigenvalue weighted by Gasteiger charge is -2.58. The summed E-state index contributed by atoms with van der Waals surface area (Å²) in [5, 5.41) is 22.4. The molecule has 3 aromatic rings. The summed E-state index contributed by atoms with van der Waals surface area (Å²) >= 11 is 0. The highest BCUT2D eigenvalue weighted by Gasteiger charge is 2.54. The van der Waals surface area contributed by atoms with Crippen molar-refractivity contribution >= 4 is 10.9 Å². The van der Waals surface area contributed by atoms with Crippen molar-refractivity contribution in [1.29, 1.82) is 5.26 Å². The third-order valence-corrected chi connectivity index (χ3v) is 7.66. The molecule has 5 heteroatoms. The molecule has 4 heterocycles. The van der Waals surface area contributed by atoms with Crippen LogP contribution in [-0.2, 0) is 6.54 Å². The average Bonchev–Trinajstić information content (AvgIpc) is 2.83. The maximum Gasteiger partial charge on any atom is 0.131 e. The van der Waals surface area contributed by atoms with Gasteiger partial charge in [-0.1, -0.05) is 42.5 Å². The lowest BCUT2D eigenvalue weighted by atomic mass is 9.71. The zero-order chi connectivity index (χ0) is 21.4. The van der Waals surface area contributed by atoms with Crippen molar-refractivity contribution < 1.29 is 22.0 Å². The summed E-state index contributed by atoms with van der Waals surface area (Å²) in [7, 11) is 0.